The maximum absolute atomic E-state index is 6.04. The molecule has 1 aromatic carbocycles. The summed E-state index contributed by atoms with van der Waals surface area (Å²) in [5, 5.41) is 5.91. The van der Waals surface area contributed by atoms with E-state index in [0.717, 1.165) is 16.8 Å². The van der Waals surface area contributed by atoms with Crippen LogP contribution >= 0.6 is 11.8 Å². The fourth-order valence-corrected chi connectivity index (χ4v) is 3.66. The van der Waals surface area contributed by atoms with E-state index in [9.17, 15) is 0 Å². The predicted octanol–water partition coefficient (Wildman–Crippen LogP) is 3.43. The van der Waals surface area contributed by atoms with Gasteiger partial charge in [-0.3, -0.25) is 4.98 Å². The molecule has 1 aromatic heterocycles. The summed E-state index contributed by atoms with van der Waals surface area (Å²) in [6.45, 7) is 2.02. The topological polar surface area (TPSA) is 50.9 Å². The Kier molecular flexibility index (Phi) is 3.51. The number of nitrogens with one attached hydrogen (secondary N) is 1. The third-order valence-electron chi connectivity index (χ3n) is 3.65. The number of thioether (sulfide) groups is 1. The molecule has 3 N–H and O–H groups in total. The van der Waals surface area contributed by atoms with Crippen LogP contribution < -0.4 is 11.1 Å². The molecule has 0 unspecified atom stereocenters. The number of nitrogens with zero attached hydrogens (tertiary/aromatic N) is 1. The molecule has 1 saturated heterocycles. The number of nitrogen functional groups attached to an aromatic ring is 1. The molecule has 0 radical (unpaired) electrons. The number of aromatic nitrogens is 1. The fraction of sp³-hybridized carbons (Fsp3) is 0.400. The van der Waals surface area contributed by atoms with E-state index < -0.39 is 0 Å². The standard InChI is InChI=1S/C15H19N3S/c1-10-8-12-13(9-17-10)14(16)2-3-15(12)18-11-4-6-19-7-5-11/h2-3,8-9,11,18H,4-7,16H2,1H3. The number of fused-ring (bicyclic) bond motifs is 1. The van der Waals surface area contributed by atoms with Gasteiger partial charge in [0, 0.05) is 40.1 Å². The second-order valence-corrected chi connectivity index (χ2v) is 6.33. The van der Waals surface area contributed by atoms with Gasteiger partial charge < -0.3 is 11.1 Å². The van der Waals surface area contributed by atoms with Gasteiger partial charge in [-0.25, -0.2) is 0 Å². The molecular formula is C15H19N3S. The summed E-state index contributed by atoms with van der Waals surface area (Å²) in [7, 11) is 0. The van der Waals surface area contributed by atoms with Crippen LogP contribution in [0.4, 0.5) is 11.4 Å². The molecule has 2 heterocycles. The number of hydrogen-bond acceptors (Lipinski definition) is 4. The van der Waals surface area contributed by atoms with Crippen LogP contribution in [0.15, 0.2) is 24.4 Å². The molecule has 0 bridgehead atoms. The van der Waals surface area contributed by atoms with Gasteiger partial charge >= 0.3 is 0 Å². The highest BCUT2D eigenvalue weighted by atomic mass is 32.2. The minimum Gasteiger partial charge on any atom is -0.398 e. The summed E-state index contributed by atoms with van der Waals surface area (Å²) in [5.74, 6) is 2.51. The Bertz CT molecular complexity index is 591. The molecule has 1 aliphatic heterocycles. The zero-order chi connectivity index (χ0) is 13.2. The molecule has 1 fully saturated rings. The highest BCUT2D eigenvalue weighted by molar-refractivity contribution is 7.99. The number of benzene rings is 1. The SMILES string of the molecule is Cc1cc2c(NC3CCSCC3)ccc(N)c2cn1. The quantitative estimate of drug-likeness (QED) is 0.823. The largest absolute Gasteiger partial charge is 0.398 e. The first-order valence-corrected chi connectivity index (χ1v) is 7.88. The highest BCUT2D eigenvalue weighted by Gasteiger charge is 2.14. The zero-order valence-corrected chi connectivity index (χ0v) is 12.0. The van der Waals surface area contributed by atoms with Crippen molar-refractivity contribution >= 4 is 33.9 Å². The molecular weight excluding hydrogens is 254 g/mol. The summed E-state index contributed by atoms with van der Waals surface area (Å²) in [6, 6.07) is 6.77. The van der Waals surface area contributed by atoms with Crippen LogP contribution in [0.2, 0.25) is 0 Å². The van der Waals surface area contributed by atoms with Crippen molar-refractivity contribution in [1.82, 2.24) is 4.98 Å². The average molecular weight is 273 g/mol. The van der Waals surface area contributed by atoms with E-state index in [1.807, 2.05) is 30.9 Å². The van der Waals surface area contributed by atoms with Crippen LogP contribution in [0, 0.1) is 6.92 Å². The molecule has 3 rings (SSSR count). The van der Waals surface area contributed by atoms with Gasteiger partial charge in [-0.2, -0.15) is 11.8 Å². The van der Waals surface area contributed by atoms with Crippen molar-refractivity contribution in [3.63, 3.8) is 0 Å². The lowest BCUT2D eigenvalue weighted by Crippen LogP contribution is -2.24. The molecule has 4 heteroatoms. The third kappa shape index (κ3) is 2.63. The Morgan fingerprint density at radius 1 is 1.26 bits per heavy atom. The molecule has 100 valence electrons. The van der Waals surface area contributed by atoms with Crippen LogP contribution in [-0.2, 0) is 0 Å². The van der Waals surface area contributed by atoms with Gasteiger partial charge in [-0.15, -0.1) is 0 Å². The number of hydrogen-bond donors (Lipinski definition) is 2. The number of pyridine rings is 1. The van der Waals surface area contributed by atoms with Crippen molar-refractivity contribution in [3.05, 3.63) is 30.1 Å². The monoisotopic (exact) mass is 273 g/mol. The smallest absolute Gasteiger partial charge is 0.0424 e. The molecule has 0 amide bonds. The second-order valence-electron chi connectivity index (χ2n) is 5.10. The van der Waals surface area contributed by atoms with E-state index in [0.29, 0.717) is 6.04 Å². The van der Waals surface area contributed by atoms with Crippen molar-refractivity contribution < 1.29 is 0 Å². The van der Waals surface area contributed by atoms with Gasteiger partial charge in [0.2, 0.25) is 0 Å². The third-order valence-corrected chi connectivity index (χ3v) is 4.70. The van der Waals surface area contributed by atoms with Gasteiger partial charge in [0.25, 0.3) is 0 Å². The average Bonchev–Trinajstić information content (AvgIpc) is 2.43. The molecule has 19 heavy (non-hydrogen) atoms. The predicted molar refractivity (Wildman–Crippen MR) is 84.9 cm³/mol. The summed E-state index contributed by atoms with van der Waals surface area (Å²) >= 11 is 2.05. The minimum absolute atomic E-state index is 0.585. The Hall–Kier alpha value is -1.42. The van der Waals surface area contributed by atoms with Crippen molar-refractivity contribution in [1.29, 1.82) is 0 Å². The van der Waals surface area contributed by atoms with Crippen LogP contribution in [-0.4, -0.2) is 22.5 Å². The van der Waals surface area contributed by atoms with E-state index >= 15 is 0 Å². The Morgan fingerprint density at radius 2 is 2.05 bits per heavy atom. The van der Waals surface area contributed by atoms with Crippen LogP contribution in [0.3, 0.4) is 0 Å². The fourth-order valence-electron chi connectivity index (χ4n) is 2.55. The Morgan fingerprint density at radius 3 is 2.84 bits per heavy atom. The lowest BCUT2D eigenvalue weighted by molar-refractivity contribution is 0.667. The van der Waals surface area contributed by atoms with Crippen molar-refractivity contribution in [2.24, 2.45) is 0 Å². The van der Waals surface area contributed by atoms with Gasteiger partial charge in [0.05, 0.1) is 0 Å². The lowest BCUT2D eigenvalue weighted by Gasteiger charge is -2.24. The van der Waals surface area contributed by atoms with E-state index in [1.54, 1.807) is 0 Å². The van der Waals surface area contributed by atoms with Crippen LogP contribution in [0.1, 0.15) is 18.5 Å². The Labute approximate surface area is 118 Å². The maximum Gasteiger partial charge on any atom is 0.0424 e. The first-order valence-electron chi connectivity index (χ1n) is 6.73. The highest BCUT2D eigenvalue weighted by Crippen LogP contribution is 2.30. The van der Waals surface area contributed by atoms with Gasteiger partial charge in [-0.1, -0.05) is 0 Å². The Balaban J connectivity index is 1.98. The molecule has 2 aromatic rings. The molecule has 0 aliphatic carbocycles. The second kappa shape index (κ2) is 5.29. The minimum atomic E-state index is 0.585. The number of nitrogens with two attached hydrogens (primary N) is 1. The van der Waals surface area contributed by atoms with Gasteiger partial charge in [-0.05, 0) is 49.5 Å². The number of rotatable bonds is 2. The lowest BCUT2D eigenvalue weighted by atomic mass is 10.1. The van der Waals surface area contributed by atoms with Gasteiger partial charge in [0.1, 0.15) is 0 Å². The normalized spacial score (nSPS) is 16.7. The molecule has 0 saturated carbocycles. The molecule has 0 atom stereocenters. The number of anilines is 2. The summed E-state index contributed by atoms with van der Waals surface area (Å²) in [5.41, 5.74) is 9.05. The van der Waals surface area contributed by atoms with E-state index in [4.69, 9.17) is 5.73 Å². The molecule has 0 spiro atoms. The molecule has 1 aliphatic rings. The first-order chi connectivity index (χ1) is 9.24. The van der Waals surface area contributed by atoms with Crippen molar-refractivity contribution in [3.8, 4) is 0 Å². The summed E-state index contributed by atoms with van der Waals surface area (Å²) < 4.78 is 0. The summed E-state index contributed by atoms with van der Waals surface area (Å²) in [4.78, 5) is 4.34. The van der Waals surface area contributed by atoms with E-state index in [1.165, 1.54) is 35.4 Å². The van der Waals surface area contributed by atoms with Crippen molar-refractivity contribution in [2.75, 3.05) is 22.6 Å². The zero-order valence-electron chi connectivity index (χ0n) is 11.1. The van der Waals surface area contributed by atoms with Gasteiger partial charge in [0.15, 0.2) is 0 Å². The summed E-state index contributed by atoms with van der Waals surface area (Å²) in [6.07, 6.45) is 4.35. The first kappa shape index (κ1) is 12.6. The number of aryl methyl sites for hydroxylation is 1. The van der Waals surface area contributed by atoms with Crippen LogP contribution in [0.25, 0.3) is 10.8 Å². The van der Waals surface area contributed by atoms with Crippen LogP contribution in [0.5, 0.6) is 0 Å². The van der Waals surface area contributed by atoms with E-state index in [2.05, 4.69) is 22.4 Å². The molecule has 3 nitrogen and oxygen atoms in total. The van der Waals surface area contributed by atoms with Crippen molar-refractivity contribution in [2.45, 2.75) is 25.8 Å². The van der Waals surface area contributed by atoms with E-state index in [-0.39, 0.29) is 0 Å². The maximum atomic E-state index is 6.04.